The summed E-state index contributed by atoms with van der Waals surface area (Å²) in [6.07, 6.45) is 2.83. The summed E-state index contributed by atoms with van der Waals surface area (Å²) in [5, 5.41) is 9.41. The van der Waals surface area contributed by atoms with Gasteiger partial charge in [-0.1, -0.05) is 29.3 Å². The summed E-state index contributed by atoms with van der Waals surface area (Å²) in [6, 6.07) is 9.98. The average Bonchev–Trinajstić information content (AvgIpc) is 2.59. The summed E-state index contributed by atoms with van der Waals surface area (Å²) in [5.41, 5.74) is 0.880. The number of carbonyl (C=O) groups is 2. The molecule has 0 spiro atoms. The molecule has 9 heteroatoms. The standard InChI is InChI=1S/C17H13Cl2NO5S/c18-13-5-1-11(15(19)9-13)4-8-16(21)12-2-6-14(7-3-12)26(24,25)20-10-17(22)23/h1-9,20H,10H2,(H,22,23)/b8-4+. The molecule has 2 rings (SSSR count). The maximum Gasteiger partial charge on any atom is 0.318 e. The van der Waals surface area contributed by atoms with Gasteiger partial charge in [-0.25, -0.2) is 8.42 Å². The number of halogens is 2. The van der Waals surface area contributed by atoms with E-state index in [9.17, 15) is 18.0 Å². The van der Waals surface area contributed by atoms with Gasteiger partial charge in [-0.05, 0) is 54.1 Å². The van der Waals surface area contributed by atoms with Crippen molar-refractivity contribution in [1.82, 2.24) is 4.72 Å². The fraction of sp³-hybridized carbons (Fsp3) is 0.0588. The predicted octanol–water partition coefficient (Wildman–Crippen LogP) is 3.25. The average molecular weight is 414 g/mol. The van der Waals surface area contributed by atoms with Crippen molar-refractivity contribution in [2.24, 2.45) is 0 Å². The lowest BCUT2D eigenvalue weighted by Crippen LogP contribution is -2.29. The van der Waals surface area contributed by atoms with Gasteiger partial charge in [0.1, 0.15) is 6.54 Å². The van der Waals surface area contributed by atoms with Crippen molar-refractivity contribution in [3.63, 3.8) is 0 Å². The van der Waals surface area contributed by atoms with Crippen LogP contribution in [0.5, 0.6) is 0 Å². The minimum absolute atomic E-state index is 0.139. The number of aliphatic carboxylic acids is 1. The zero-order valence-corrected chi connectivity index (χ0v) is 15.5. The smallest absolute Gasteiger partial charge is 0.318 e. The number of hydrogen-bond donors (Lipinski definition) is 2. The Morgan fingerprint density at radius 2 is 1.73 bits per heavy atom. The molecule has 0 aliphatic rings. The van der Waals surface area contributed by atoms with Crippen molar-refractivity contribution in [2.75, 3.05) is 6.54 Å². The van der Waals surface area contributed by atoms with Gasteiger partial charge < -0.3 is 5.11 Å². The lowest BCUT2D eigenvalue weighted by atomic mass is 10.1. The molecule has 0 amide bonds. The fourth-order valence-electron chi connectivity index (χ4n) is 1.94. The SMILES string of the molecule is O=C(O)CNS(=O)(=O)c1ccc(C(=O)/C=C/c2ccc(Cl)cc2Cl)cc1. The van der Waals surface area contributed by atoms with Crippen LogP contribution in [0.3, 0.4) is 0 Å². The van der Waals surface area contributed by atoms with E-state index < -0.39 is 22.5 Å². The van der Waals surface area contributed by atoms with Crippen molar-refractivity contribution in [3.05, 3.63) is 69.7 Å². The van der Waals surface area contributed by atoms with Crippen LogP contribution < -0.4 is 4.72 Å². The predicted molar refractivity (Wildman–Crippen MR) is 99.1 cm³/mol. The monoisotopic (exact) mass is 413 g/mol. The molecule has 0 heterocycles. The number of sulfonamides is 1. The first-order chi connectivity index (χ1) is 12.2. The molecule has 0 aliphatic carbocycles. The third-order valence-corrected chi connectivity index (χ3v) is 5.22. The van der Waals surface area contributed by atoms with Crippen LogP contribution in [0.2, 0.25) is 10.0 Å². The number of carboxylic acid groups (broad SMARTS) is 1. The first-order valence-electron chi connectivity index (χ1n) is 7.18. The molecular formula is C17H13Cl2NO5S. The van der Waals surface area contributed by atoms with E-state index in [0.29, 0.717) is 15.6 Å². The van der Waals surface area contributed by atoms with Crippen LogP contribution in [0.25, 0.3) is 6.08 Å². The van der Waals surface area contributed by atoms with Gasteiger partial charge in [0.05, 0.1) is 4.90 Å². The Kier molecular flexibility index (Phi) is 6.55. The highest BCUT2D eigenvalue weighted by molar-refractivity contribution is 7.89. The van der Waals surface area contributed by atoms with Crippen molar-refractivity contribution < 1.29 is 23.1 Å². The van der Waals surface area contributed by atoms with Crippen LogP contribution in [-0.2, 0) is 14.8 Å². The molecule has 0 radical (unpaired) electrons. The Bertz CT molecular complexity index is 969. The van der Waals surface area contributed by atoms with Gasteiger partial charge in [0.25, 0.3) is 0 Å². The number of benzene rings is 2. The van der Waals surface area contributed by atoms with E-state index in [-0.39, 0.29) is 16.2 Å². The zero-order valence-electron chi connectivity index (χ0n) is 13.1. The first-order valence-corrected chi connectivity index (χ1v) is 9.42. The molecule has 0 bridgehead atoms. The van der Waals surface area contributed by atoms with Gasteiger partial charge in [-0.2, -0.15) is 4.72 Å². The lowest BCUT2D eigenvalue weighted by Gasteiger charge is -2.05. The van der Waals surface area contributed by atoms with E-state index >= 15 is 0 Å². The highest BCUT2D eigenvalue weighted by atomic mass is 35.5. The largest absolute Gasteiger partial charge is 0.480 e. The van der Waals surface area contributed by atoms with Crippen LogP contribution in [0, 0.1) is 0 Å². The maximum absolute atomic E-state index is 12.2. The van der Waals surface area contributed by atoms with Crippen LogP contribution in [-0.4, -0.2) is 31.8 Å². The van der Waals surface area contributed by atoms with Gasteiger partial charge in [0.2, 0.25) is 10.0 Å². The Morgan fingerprint density at radius 3 is 2.31 bits per heavy atom. The van der Waals surface area contributed by atoms with E-state index in [1.807, 2.05) is 4.72 Å². The number of carboxylic acids is 1. The van der Waals surface area contributed by atoms with E-state index in [2.05, 4.69) is 0 Å². The topological polar surface area (TPSA) is 101 Å². The molecular weight excluding hydrogens is 401 g/mol. The number of rotatable bonds is 7. The van der Waals surface area contributed by atoms with Gasteiger partial charge in [0.15, 0.2) is 5.78 Å². The molecule has 2 aromatic carbocycles. The van der Waals surface area contributed by atoms with E-state index in [4.69, 9.17) is 28.3 Å². The zero-order chi connectivity index (χ0) is 19.3. The Morgan fingerprint density at radius 1 is 1.08 bits per heavy atom. The Balaban J connectivity index is 2.13. The summed E-state index contributed by atoms with van der Waals surface area (Å²) < 4.78 is 25.7. The molecule has 2 N–H and O–H groups in total. The van der Waals surface area contributed by atoms with Crippen molar-refractivity contribution in [2.45, 2.75) is 4.90 Å². The molecule has 0 unspecified atom stereocenters. The number of allylic oxidation sites excluding steroid dienone is 1. The highest BCUT2D eigenvalue weighted by Crippen LogP contribution is 2.22. The normalized spacial score (nSPS) is 11.6. The molecule has 26 heavy (non-hydrogen) atoms. The molecule has 0 fully saturated rings. The number of ketones is 1. The lowest BCUT2D eigenvalue weighted by molar-refractivity contribution is -0.135. The molecule has 0 saturated carbocycles. The quantitative estimate of drug-likeness (QED) is 0.535. The second kappa shape index (κ2) is 8.46. The van der Waals surface area contributed by atoms with Crippen LogP contribution in [0.4, 0.5) is 0 Å². The minimum Gasteiger partial charge on any atom is -0.480 e. The Labute approximate surface area is 160 Å². The van der Waals surface area contributed by atoms with Crippen LogP contribution in [0.1, 0.15) is 15.9 Å². The van der Waals surface area contributed by atoms with Crippen molar-refractivity contribution in [1.29, 1.82) is 0 Å². The summed E-state index contributed by atoms with van der Waals surface area (Å²) in [7, 11) is -3.95. The van der Waals surface area contributed by atoms with Gasteiger partial charge in [-0.3, -0.25) is 9.59 Å². The van der Waals surface area contributed by atoms with Gasteiger partial charge in [-0.15, -0.1) is 0 Å². The van der Waals surface area contributed by atoms with Gasteiger partial charge >= 0.3 is 5.97 Å². The summed E-state index contributed by atoms with van der Waals surface area (Å²) >= 11 is 11.8. The number of hydrogen-bond acceptors (Lipinski definition) is 4. The van der Waals surface area contributed by atoms with Crippen molar-refractivity contribution in [3.8, 4) is 0 Å². The van der Waals surface area contributed by atoms with E-state index in [0.717, 1.165) is 0 Å². The molecule has 0 saturated heterocycles. The summed E-state index contributed by atoms with van der Waals surface area (Å²) in [6.45, 7) is -0.729. The van der Waals surface area contributed by atoms with E-state index in [1.54, 1.807) is 18.2 Å². The highest BCUT2D eigenvalue weighted by Gasteiger charge is 2.15. The third kappa shape index (κ3) is 5.40. The van der Waals surface area contributed by atoms with Crippen LogP contribution >= 0.6 is 23.2 Å². The second-order valence-electron chi connectivity index (χ2n) is 5.11. The molecule has 0 atom stereocenters. The maximum atomic E-state index is 12.2. The molecule has 2 aromatic rings. The van der Waals surface area contributed by atoms with Crippen LogP contribution in [0.15, 0.2) is 53.4 Å². The Hall–Kier alpha value is -2.19. The molecule has 136 valence electrons. The first kappa shape index (κ1) is 20.1. The minimum atomic E-state index is -3.95. The number of carbonyl (C=O) groups excluding carboxylic acids is 1. The molecule has 0 aliphatic heterocycles. The summed E-state index contributed by atoms with van der Waals surface area (Å²) in [5.74, 6) is -1.65. The fourth-order valence-corrected chi connectivity index (χ4v) is 3.38. The second-order valence-corrected chi connectivity index (χ2v) is 7.72. The molecule has 0 aromatic heterocycles. The van der Waals surface area contributed by atoms with Crippen molar-refractivity contribution >= 4 is 51.1 Å². The third-order valence-electron chi connectivity index (χ3n) is 3.24. The molecule has 6 nitrogen and oxygen atoms in total. The summed E-state index contributed by atoms with van der Waals surface area (Å²) in [4.78, 5) is 22.5. The van der Waals surface area contributed by atoms with E-state index in [1.165, 1.54) is 36.4 Å². The number of nitrogens with one attached hydrogen (secondary N) is 1. The van der Waals surface area contributed by atoms with Gasteiger partial charge in [0, 0.05) is 15.6 Å².